The summed E-state index contributed by atoms with van der Waals surface area (Å²) in [7, 11) is 1.26. The van der Waals surface area contributed by atoms with Crippen LogP contribution in [0.5, 0.6) is 0 Å². The molecule has 1 aliphatic rings. The molecular weight excluding hydrogens is 228 g/mol. The second-order valence-corrected chi connectivity index (χ2v) is 3.45. The van der Waals surface area contributed by atoms with Crippen molar-refractivity contribution in [2.24, 2.45) is 0 Å². The standard InChI is InChI=1S/C12H13F2NO2/c1-8-3-10(13)5-11(14)7-15-6-9(8)4-12(16)17-2/h3,5-6,15H,1,4,7H2,2H3/b9-6-,10-3+,11-5+. The van der Waals surface area contributed by atoms with Gasteiger partial charge in [0, 0.05) is 12.3 Å². The van der Waals surface area contributed by atoms with E-state index in [0.717, 1.165) is 12.2 Å². The molecule has 92 valence electrons. The van der Waals surface area contributed by atoms with Crippen molar-refractivity contribution in [2.75, 3.05) is 13.7 Å². The normalized spacial score (nSPS) is 25.8. The number of ether oxygens (including phenoxy) is 1. The Labute approximate surface area is 98.1 Å². The Morgan fingerprint density at radius 2 is 2.24 bits per heavy atom. The monoisotopic (exact) mass is 241 g/mol. The Morgan fingerprint density at radius 1 is 1.53 bits per heavy atom. The summed E-state index contributed by atoms with van der Waals surface area (Å²) in [4.78, 5) is 11.1. The van der Waals surface area contributed by atoms with Gasteiger partial charge in [-0.05, 0) is 17.2 Å². The average molecular weight is 241 g/mol. The van der Waals surface area contributed by atoms with Crippen LogP contribution < -0.4 is 5.32 Å². The number of halogens is 2. The number of rotatable bonds is 2. The van der Waals surface area contributed by atoms with Gasteiger partial charge in [-0.3, -0.25) is 4.79 Å². The molecule has 1 rings (SSSR count). The number of nitrogens with one attached hydrogen (secondary N) is 1. The van der Waals surface area contributed by atoms with Crippen molar-refractivity contribution < 1.29 is 18.3 Å². The van der Waals surface area contributed by atoms with Crippen molar-refractivity contribution in [3.63, 3.8) is 0 Å². The first kappa shape index (κ1) is 13.2. The third-order valence-electron chi connectivity index (χ3n) is 2.13. The van der Waals surface area contributed by atoms with Crippen LogP contribution in [0.2, 0.25) is 0 Å². The van der Waals surface area contributed by atoms with Gasteiger partial charge in [-0.25, -0.2) is 8.78 Å². The maximum atomic E-state index is 13.2. The van der Waals surface area contributed by atoms with Crippen LogP contribution >= 0.6 is 0 Å². The highest BCUT2D eigenvalue weighted by Crippen LogP contribution is 2.18. The van der Waals surface area contributed by atoms with Gasteiger partial charge in [-0.15, -0.1) is 0 Å². The van der Waals surface area contributed by atoms with E-state index in [1.807, 2.05) is 0 Å². The smallest absolute Gasteiger partial charge is 0.310 e. The summed E-state index contributed by atoms with van der Waals surface area (Å²) in [6.45, 7) is 3.48. The number of esters is 1. The van der Waals surface area contributed by atoms with Crippen molar-refractivity contribution in [1.82, 2.24) is 5.32 Å². The molecule has 3 nitrogen and oxygen atoms in total. The third kappa shape index (κ3) is 4.22. The molecule has 0 aromatic carbocycles. The van der Waals surface area contributed by atoms with E-state index in [0.29, 0.717) is 11.1 Å². The Hall–Kier alpha value is -1.91. The Kier molecular flexibility index (Phi) is 4.63. The van der Waals surface area contributed by atoms with Crippen molar-refractivity contribution in [3.8, 4) is 0 Å². The molecule has 0 saturated heterocycles. The summed E-state index contributed by atoms with van der Waals surface area (Å²) in [5.74, 6) is -1.85. The van der Waals surface area contributed by atoms with E-state index in [4.69, 9.17) is 0 Å². The first-order valence-corrected chi connectivity index (χ1v) is 4.94. The van der Waals surface area contributed by atoms with E-state index >= 15 is 0 Å². The molecule has 0 unspecified atom stereocenters. The van der Waals surface area contributed by atoms with E-state index in [1.165, 1.54) is 13.3 Å². The molecule has 0 aromatic rings. The van der Waals surface area contributed by atoms with Gasteiger partial charge >= 0.3 is 5.97 Å². The Morgan fingerprint density at radius 3 is 2.88 bits per heavy atom. The summed E-state index contributed by atoms with van der Waals surface area (Å²) in [5, 5.41) is 2.63. The number of hydrogen-bond acceptors (Lipinski definition) is 3. The topological polar surface area (TPSA) is 38.3 Å². The van der Waals surface area contributed by atoms with Crippen LogP contribution in [0.1, 0.15) is 6.42 Å². The maximum Gasteiger partial charge on any atom is 0.310 e. The highest BCUT2D eigenvalue weighted by Gasteiger charge is 2.10. The molecule has 0 spiro atoms. The molecule has 0 aromatic heterocycles. The summed E-state index contributed by atoms with van der Waals surface area (Å²) < 4.78 is 30.7. The minimum atomic E-state index is -0.744. The largest absolute Gasteiger partial charge is 0.469 e. The minimum Gasteiger partial charge on any atom is -0.469 e. The van der Waals surface area contributed by atoms with Crippen molar-refractivity contribution in [3.05, 3.63) is 47.7 Å². The second-order valence-electron chi connectivity index (χ2n) is 3.45. The lowest BCUT2D eigenvalue weighted by molar-refractivity contribution is -0.139. The van der Waals surface area contributed by atoms with Crippen LogP contribution in [-0.4, -0.2) is 19.6 Å². The van der Waals surface area contributed by atoms with Crippen LogP contribution in [0.15, 0.2) is 47.7 Å². The number of carbonyl (C=O) groups is 1. The zero-order valence-corrected chi connectivity index (χ0v) is 9.43. The fourth-order valence-corrected chi connectivity index (χ4v) is 1.26. The number of carbonyl (C=O) groups excluding carboxylic acids is 1. The predicted octanol–water partition coefficient (Wildman–Crippen LogP) is 2.30. The van der Waals surface area contributed by atoms with Gasteiger partial charge in [-0.2, -0.15) is 0 Å². The van der Waals surface area contributed by atoms with Gasteiger partial charge < -0.3 is 10.1 Å². The van der Waals surface area contributed by atoms with Gasteiger partial charge in [-0.1, -0.05) is 6.58 Å². The van der Waals surface area contributed by atoms with Crippen LogP contribution in [0.25, 0.3) is 0 Å². The van der Waals surface area contributed by atoms with Crippen molar-refractivity contribution in [2.45, 2.75) is 6.42 Å². The van der Waals surface area contributed by atoms with Gasteiger partial charge in [0.05, 0.1) is 20.1 Å². The minimum absolute atomic E-state index is 0.0479. The molecule has 0 bridgehead atoms. The van der Waals surface area contributed by atoms with Crippen molar-refractivity contribution in [1.29, 1.82) is 0 Å². The molecule has 0 fully saturated rings. The van der Waals surface area contributed by atoms with Gasteiger partial charge in [0.25, 0.3) is 0 Å². The van der Waals surface area contributed by atoms with E-state index in [-0.39, 0.29) is 13.0 Å². The van der Waals surface area contributed by atoms with Gasteiger partial charge in [0.15, 0.2) is 0 Å². The molecule has 0 aliphatic carbocycles. The molecule has 0 saturated carbocycles. The fourth-order valence-electron chi connectivity index (χ4n) is 1.26. The van der Waals surface area contributed by atoms with Gasteiger partial charge in [0.1, 0.15) is 11.7 Å². The molecule has 0 radical (unpaired) electrons. The molecule has 1 aliphatic heterocycles. The maximum absolute atomic E-state index is 13.2. The van der Waals surface area contributed by atoms with Crippen LogP contribution in [-0.2, 0) is 9.53 Å². The van der Waals surface area contributed by atoms with Crippen LogP contribution in [0.4, 0.5) is 8.78 Å². The summed E-state index contributed by atoms with van der Waals surface area (Å²) in [6, 6.07) is 0. The number of allylic oxidation sites excluding steroid dienone is 4. The lowest BCUT2D eigenvalue weighted by Gasteiger charge is -2.06. The first-order valence-electron chi connectivity index (χ1n) is 4.94. The van der Waals surface area contributed by atoms with Crippen LogP contribution in [0.3, 0.4) is 0 Å². The number of methoxy groups -OCH3 is 1. The van der Waals surface area contributed by atoms with E-state index in [1.54, 1.807) is 0 Å². The fraction of sp³-hybridized carbons (Fsp3) is 0.250. The highest BCUT2D eigenvalue weighted by molar-refractivity contribution is 5.74. The predicted molar refractivity (Wildman–Crippen MR) is 60.2 cm³/mol. The summed E-state index contributed by atoms with van der Waals surface area (Å²) in [6.07, 6.45) is 3.23. The molecule has 5 heteroatoms. The number of hydrogen-bond donors (Lipinski definition) is 1. The Balaban J connectivity index is 2.92. The molecule has 0 amide bonds. The second kappa shape index (κ2) is 5.98. The molecular formula is C12H13F2NO2. The lowest BCUT2D eigenvalue weighted by Crippen LogP contribution is -2.10. The molecule has 1 heterocycles. The average Bonchev–Trinajstić information content (AvgIpc) is 2.30. The van der Waals surface area contributed by atoms with E-state index < -0.39 is 17.6 Å². The van der Waals surface area contributed by atoms with Gasteiger partial charge in [0.2, 0.25) is 0 Å². The summed E-state index contributed by atoms with van der Waals surface area (Å²) >= 11 is 0. The first-order chi connectivity index (χ1) is 8.02. The molecule has 17 heavy (non-hydrogen) atoms. The van der Waals surface area contributed by atoms with E-state index in [9.17, 15) is 13.6 Å². The quantitative estimate of drug-likeness (QED) is 0.754. The van der Waals surface area contributed by atoms with E-state index in [2.05, 4.69) is 16.6 Å². The highest BCUT2D eigenvalue weighted by atomic mass is 19.1. The SMILES string of the molecule is C=C1/C=C(F)\C=C(\F)CN/C=C\1CC(=O)OC. The Bertz CT molecular complexity index is 422. The van der Waals surface area contributed by atoms with Crippen molar-refractivity contribution >= 4 is 5.97 Å². The zero-order valence-electron chi connectivity index (χ0n) is 9.43. The van der Waals surface area contributed by atoms with Crippen LogP contribution in [0, 0.1) is 0 Å². The molecule has 0 atom stereocenters. The lowest BCUT2D eigenvalue weighted by atomic mass is 10.1. The third-order valence-corrected chi connectivity index (χ3v) is 2.13. The zero-order chi connectivity index (χ0) is 12.8. The molecule has 1 N–H and O–H groups in total. The summed E-state index contributed by atoms with van der Waals surface area (Å²) in [5.41, 5.74) is 0.751.